The van der Waals surface area contributed by atoms with Crippen LogP contribution < -0.4 is 5.32 Å². The molecule has 0 radical (unpaired) electrons. The molecule has 2 heterocycles. The number of nitrogens with zero attached hydrogens (tertiary/aromatic N) is 3. The first-order valence-electron chi connectivity index (χ1n) is 8.10. The number of amides is 1. The van der Waals surface area contributed by atoms with Crippen molar-refractivity contribution in [1.29, 1.82) is 0 Å². The van der Waals surface area contributed by atoms with E-state index < -0.39 is 0 Å². The Labute approximate surface area is 134 Å². The number of anilines is 1. The smallest absolute Gasteiger partial charge is 0.316 e. The minimum Gasteiger partial charge on any atom is -0.403 e. The minimum atomic E-state index is -0.368. The molecule has 1 aliphatic heterocycles. The third-order valence-corrected chi connectivity index (χ3v) is 4.86. The fraction of sp³-hybridized carbons (Fsp3) is 0.471. The van der Waals surface area contributed by atoms with Gasteiger partial charge in [-0.25, -0.2) is 0 Å². The summed E-state index contributed by atoms with van der Waals surface area (Å²) >= 11 is 0. The Kier molecular flexibility index (Phi) is 3.32. The van der Waals surface area contributed by atoms with Gasteiger partial charge in [-0.1, -0.05) is 23.3 Å². The molecule has 1 spiro atoms. The highest BCUT2D eigenvalue weighted by Gasteiger charge is 2.49. The molecule has 6 heteroatoms. The largest absolute Gasteiger partial charge is 0.403 e. The second-order valence-electron chi connectivity index (χ2n) is 6.65. The van der Waals surface area contributed by atoms with Gasteiger partial charge >= 0.3 is 6.01 Å². The summed E-state index contributed by atoms with van der Waals surface area (Å²) in [5.41, 5.74) is 1.31. The Hall–Kier alpha value is -2.37. The van der Waals surface area contributed by atoms with Crippen LogP contribution in [0.15, 0.2) is 34.7 Å². The van der Waals surface area contributed by atoms with Crippen molar-refractivity contribution in [1.82, 2.24) is 15.1 Å². The number of hydrogen-bond donors (Lipinski definition) is 1. The first-order valence-corrected chi connectivity index (χ1v) is 8.10. The van der Waals surface area contributed by atoms with E-state index in [9.17, 15) is 4.79 Å². The molecule has 2 aromatic rings. The first-order chi connectivity index (χ1) is 11.2. The molecule has 1 atom stereocenters. The van der Waals surface area contributed by atoms with Crippen molar-refractivity contribution >= 4 is 11.9 Å². The highest BCUT2D eigenvalue weighted by molar-refractivity contribution is 5.84. The van der Waals surface area contributed by atoms with E-state index in [1.807, 2.05) is 42.2 Å². The lowest BCUT2D eigenvalue weighted by Crippen LogP contribution is -2.40. The van der Waals surface area contributed by atoms with Crippen LogP contribution in [0, 0.1) is 5.41 Å². The van der Waals surface area contributed by atoms with Gasteiger partial charge in [0.1, 0.15) is 6.04 Å². The molecule has 2 aliphatic rings. The SMILES string of the molecule is CC(Nc1nnc(-c2ccccc2)o1)C(=O)N1CCC2(CC2)C1. The molecule has 4 rings (SSSR count). The molecule has 0 bridgehead atoms. The molecule has 1 aromatic heterocycles. The van der Waals surface area contributed by atoms with Crippen molar-refractivity contribution in [2.24, 2.45) is 5.41 Å². The number of likely N-dealkylation sites (tertiary alicyclic amines) is 1. The van der Waals surface area contributed by atoms with Crippen LogP contribution in [0.2, 0.25) is 0 Å². The maximum atomic E-state index is 12.5. The number of hydrogen-bond acceptors (Lipinski definition) is 5. The van der Waals surface area contributed by atoms with Crippen molar-refractivity contribution in [3.05, 3.63) is 30.3 Å². The van der Waals surface area contributed by atoms with Crippen LogP contribution in [-0.4, -0.2) is 40.1 Å². The monoisotopic (exact) mass is 312 g/mol. The molecule has 23 heavy (non-hydrogen) atoms. The number of carbonyl (C=O) groups is 1. The van der Waals surface area contributed by atoms with E-state index in [2.05, 4.69) is 15.5 Å². The van der Waals surface area contributed by atoms with Crippen LogP contribution in [0.3, 0.4) is 0 Å². The molecule has 1 amide bonds. The van der Waals surface area contributed by atoms with Crippen LogP contribution >= 0.6 is 0 Å². The summed E-state index contributed by atoms with van der Waals surface area (Å²) in [4.78, 5) is 14.5. The third kappa shape index (κ3) is 2.81. The highest BCUT2D eigenvalue weighted by Crippen LogP contribution is 2.52. The van der Waals surface area contributed by atoms with E-state index in [0.29, 0.717) is 11.3 Å². The Balaban J connectivity index is 1.40. The second kappa shape index (κ2) is 5.37. The van der Waals surface area contributed by atoms with E-state index in [0.717, 1.165) is 25.1 Å². The minimum absolute atomic E-state index is 0.105. The summed E-state index contributed by atoms with van der Waals surface area (Å²) in [5, 5.41) is 11.0. The zero-order valence-corrected chi connectivity index (χ0v) is 13.2. The quantitative estimate of drug-likeness (QED) is 0.939. The summed E-state index contributed by atoms with van der Waals surface area (Å²) in [7, 11) is 0. The molecule has 1 saturated carbocycles. The number of rotatable bonds is 4. The second-order valence-corrected chi connectivity index (χ2v) is 6.65. The predicted molar refractivity (Wildman–Crippen MR) is 85.7 cm³/mol. The zero-order valence-electron chi connectivity index (χ0n) is 13.2. The molecule has 120 valence electrons. The van der Waals surface area contributed by atoms with Gasteiger partial charge in [-0.05, 0) is 43.7 Å². The topological polar surface area (TPSA) is 71.3 Å². The van der Waals surface area contributed by atoms with Gasteiger partial charge in [0.15, 0.2) is 0 Å². The van der Waals surface area contributed by atoms with Gasteiger partial charge in [0.05, 0.1) is 0 Å². The summed E-state index contributed by atoms with van der Waals surface area (Å²) in [5.74, 6) is 0.555. The molecule has 6 nitrogen and oxygen atoms in total. The summed E-state index contributed by atoms with van der Waals surface area (Å²) in [6.45, 7) is 3.60. The lowest BCUT2D eigenvalue weighted by Gasteiger charge is -2.21. The Morgan fingerprint density at radius 2 is 2.04 bits per heavy atom. The van der Waals surface area contributed by atoms with Crippen molar-refractivity contribution in [3.63, 3.8) is 0 Å². The fourth-order valence-corrected chi connectivity index (χ4v) is 3.21. The molecular formula is C17H20N4O2. The summed E-state index contributed by atoms with van der Waals surface area (Å²) in [6.07, 6.45) is 3.68. The van der Waals surface area contributed by atoms with Gasteiger partial charge in [0.2, 0.25) is 11.8 Å². The number of nitrogens with one attached hydrogen (secondary N) is 1. The molecule has 1 aromatic carbocycles. The van der Waals surface area contributed by atoms with E-state index in [-0.39, 0.29) is 18.0 Å². The normalized spacial score (nSPS) is 19.8. The molecule has 2 fully saturated rings. The van der Waals surface area contributed by atoms with Gasteiger partial charge in [-0.3, -0.25) is 4.79 Å². The molecular weight excluding hydrogens is 292 g/mol. The van der Waals surface area contributed by atoms with Gasteiger partial charge < -0.3 is 14.6 Å². The van der Waals surface area contributed by atoms with Crippen molar-refractivity contribution in [2.75, 3.05) is 18.4 Å². The molecule has 1 saturated heterocycles. The van der Waals surface area contributed by atoms with E-state index >= 15 is 0 Å². The lowest BCUT2D eigenvalue weighted by atomic mass is 10.1. The van der Waals surface area contributed by atoms with Gasteiger partial charge in [0, 0.05) is 18.7 Å². The van der Waals surface area contributed by atoms with Crippen molar-refractivity contribution in [2.45, 2.75) is 32.2 Å². The van der Waals surface area contributed by atoms with Gasteiger partial charge in [-0.15, -0.1) is 5.10 Å². The standard InChI is InChI=1S/C17H20N4O2/c1-12(15(22)21-10-9-17(11-21)7-8-17)18-16-20-19-14(23-16)13-5-3-2-4-6-13/h2-6,12H,7-11H2,1H3,(H,18,20). The van der Waals surface area contributed by atoms with Crippen LogP contribution in [-0.2, 0) is 4.79 Å². The Morgan fingerprint density at radius 3 is 2.74 bits per heavy atom. The average Bonchev–Trinajstić information content (AvgIpc) is 2.97. The van der Waals surface area contributed by atoms with E-state index in [4.69, 9.17) is 4.42 Å². The molecule has 1 unspecified atom stereocenters. The van der Waals surface area contributed by atoms with Crippen LogP contribution in [0.25, 0.3) is 11.5 Å². The third-order valence-electron chi connectivity index (χ3n) is 4.86. The van der Waals surface area contributed by atoms with Crippen LogP contribution in [0.5, 0.6) is 0 Å². The highest BCUT2D eigenvalue weighted by atomic mass is 16.4. The van der Waals surface area contributed by atoms with Crippen LogP contribution in [0.1, 0.15) is 26.2 Å². The summed E-state index contributed by atoms with van der Waals surface area (Å²) < 4.78 is 5.60. The van der Waals surface area contributed by atoms with Gasteiger partial charge in [-0.2, -0.15) is 0 Å². The molecule has 1 aliphatic carbocycles. The maximum absolute atomic E-state index is 12.5. The predicted octanol–water partition coefficient (Wildman–Crippen LogP) is 2.55. The fourth-order valence-electron chi connectivity index (χ4n) is 3.21. The number of carbonyl (C=O) groups excluding carboxylic acids is 1. The Morgan fingerprint density at radius 1 is 1.26 bits per heavy atom. The first kappa shape index (κ1) is 14.2. The van der Waals surface area contributed by atoms with E-state index in [1.165, 1.54) is 12.8 Å². The van der Waals surface area contributed by atoms with Gasteiger partial charge in [0.25, 0.3) is 0 Å². The number of aromatic nitrogens is 2. The Bertz CT molecular complexity index is 708. The average molecular weight is 312 g/mol. The lowest BCUT2D eigenvalue weighted by molar-refractivity contribution is -0.130. The van der Waals surface area contributed by atoms with Crippen LogP contribution in [0.4, 0.5) is 6.01 Å². The van der Waals surface area contributed by atoms with E-state index in [1.54, 1.807) is 0 Å². The summed E-state index contributed by atoms with van der Waals surface area (Å²) in [6, 6.07) is 9.50. The molecule has 1 N–H and O–H groups in total. The van der Waals surface area contributed by atoms with Crippen molar-refractivity contribution < 1.29 is 9.21 Å². The number of benzene rings is 1. The zero-order chi connectivity index (χ0) is 15.9. The maximum Gasteiger partial charge on any atom is 0.316 e. The van der Waals surface area contributed by atoms with Crippen molar-refractivity contribution in [3.8, 4) is 11.5 Å².